The Balaban J connectivity index is 2.20. The molecule has 0 spiro atoms. The molecule has 0 aliphatic rings. The Bertz CT molecular complexity index is 360. The zero-order valence-corrected chi connectivity index (χ0v) is 8.76. The largest absolute Gasteiger partial charge is 0.445 e. The van der Waals surface area contributed by atoms with Crippen molar-refractivity contribution in [3.8, 4) is 0 Å². The van der Waals surface area contributed by atoms with Gasteiger partial charge in [0.2, 0.25) is 0 Å². The van der Waals surface area contributed by atoms with Gasteiger partial charge in [0.1, 0.15) is 12.9 Å². The highest BCUT2D eigenvalue weighted by molar-refractivity contribution is 5.68. The number of nitrogens with one attached hydrogen (secondary N) is 1. The molecule has 16 heavy (non-hydrogen) atoms. The van der Waals surface area contributed by atoms with E-state index in [-0.39, 0.29) is 13.2 Å². The van der Waals surface area contributed by atoms with Crippen LogP contribution >= 0.6 is 0 Å². The van der Waals surface area contributed by atoms with Gasteiger partial charge in [-0.25, -0.2) is 4.79 Å². The smallest absolute Gasteiger partial charge is 0.407 e. The standard InChI is InChI=1S/C12H13NO3/c14-9-5-4-8-13-12(15)16-10-11-6-2-1-3-7-11/h1-7,9H,8,10H2,(H,13,15)/b5-4+. The normalized spacial score (nSPS) is 10.0. The number of hydrogen-bond acceptors (Lipinski definition) is 3. The molecule has 0 radical (unpaired) electrons. The molecule has 1 aromatic carbocycles. The highest BCUT2D eigenvalue weighted by Crippen LogP contribution is 2.00. The number of allylic oxidation sites excluding steroid dienone is 1. The van der Waals surface area contributed by atoms with E-state index >= 15 is 0 Å². The van der Waals surface area contributed by atoms with Crippen molar-refractivity contribution in [1.82, 2.24) is 5.32 Å². The van der Waals surface area contributed by atoms with E-state index in [1.54, 1.807) is 0 Å². The maximum atomic E-state index is 11.1. The van der Waals surface area contributed by atoms with E-state index in [1.165, 1.54) is 12.2 Å². The average molecular weight is 219 g/mol. The zero-order chi connectivity index (χ0) is 11.6. The van der Waals surface area contributed by atoms with Crippen molar-refractivity contribution >= 4 is 12.4 Å². The fraction of sp³-hybridized carbons (Fsp3) is 0.167. The van der Waals surface area contributed by atoms with Crippen LogP contribution in [0.3, 0.4) is 0 Å². The summed E-state index contributed by atoms with van der Waals surface area (Å²) in [7, 11) is 0. The first-order valence-corrected chi connectivity index (χ1v) is 4.88. The minimum absolute atomic E-state index is 0.240. The molecule has 0 heterocycles. The topological polar surface area (TPSA) is 55.4 Å². The molecule has 0 aromatic heterocycles. The van der Waals surface area contributed by atoms with Gasteiger partial charge in [-0.1, -0.05) is 36.4 Å². The molecule has 0 bridgehead atoms. The lowest BCUT2D eigenvalue weighted by Gasteiger charge is -2.04. The van der Waals surface area contributed by atoms with Crippen LogP contribution in [0.4, 0.5) is 4.79 Å². The van der Waals surface area contributed by atoms with Gasteiger partial charge >= 0.3 is 6.09 Å². The minimum atomic E-state index is -0.501. The van der Waals surface area contributed by atoms with Crippen molar-refractivity contribution in [3.63, 3.8) is 0 Å². The molecule has 0 unspecified atom stereocenters. The van der Waals surface area contributed by atoms with Crippen LogP contribution in [0.1, 0.15) is 5.56 Å². The Hall–Kier alpha value is -2.10. The van der Waals surface area contributed by atoms with E-state index < -0.39 is 6.09 Å². The molecule has 0 aliphatic carbocycles. The van der Waals surface area contributed by atoms with E-state index in [9.17, 15) is 9.59 Å². The molecular formula is C12H13NO3. The van der Waals surface area contributed by atoms with Crippen LogP contribution in [0.5, 0.6) is 0 Å². The lowest BCUT2D eigenvalue weighted by atomic mass is 10.2. The third kappa shape index (κ3) is 4.95. The van der Waals surface area contributed by atoms with Gasteiger partial charge in [-0.05, 0) is 11.6 Å². The van der Waals surface area contributed by atoms with E-state index in [1.807, 2.05) is 30.3 Å². The molecule has 1 N–H and O–H groups in total. The number of benzene rings is 1. The van der Waals surface area contributed by atoms with E-state index in [2.05, 4.69) is 5.32 Å². The van der Waals surface area contributed by atoms with Crippen LogP contribution in [-0.2, 0) is 16.1 Å². The molecular weight excluding hydrogens is 206 g/mol. The summed E-state index contributed by atoms with van der Waals surface area (Å²) in [5.41, 5.74) is 0.932. The first kappa shape index (κ1) is 12.0. The van der Waals surface area contributed by atoms with Gasteiger partial charge in [-0.3, -0.25) is 4.79 Å². The third-order valence-electron chi connectivity index (χ3n) is 1.79. The van der Waals surface area contributed by atoms with Crippen molar-refractivity contribution in [1.29, 1.82) is 0 Å². The quantitative estimate of drug-likeness (QED) is 0.605. The highest BCUT2D eigenvalue weighted by Gasteiger charge is 1.99. The predicted octanol–water partition coefficient (Wildman–Crippen LogP) is 1.67. The number of alkyl carbamates (subject to hydrolysis) is 1. The second-order valence-corrected chi connectivity index (χ2v) is 3.01. The van der Waals surface area contributed by atoms with Gasteiger partial charge in [0.15, 0.2) is 0 Å². The Kier molecular flexibility index (Phi) is 5.41. The fourth-order valence-electron chi connectivity index (χ4n) is 1.04. The zero-order valence-electron chi connectivity index (χ0n) is 8.76. The van der Waals surface area contributed by atoms with Crippen LogP contribution in [0, 0.1) is 0 Å². The molecule has 84 valence electrons. The molecule has 0 atom stereocenters. The predicted molar refractivity (Wildman–Crippen MR) is 59.8 cm³/mol. The number of hydrogen-bond donors (Lipinski definition) is 1. The van der Waals surface area contributed by atoms with Crippen molar-refractivity contribution in [2.75, 3.05) is 6.54 Å². The molecule has 0 saturated heterocycles. The second kappa shape index (κ2) is 7.23. The summed E-state index contributed by atoms with van der Waals surface area (Å²) in [6, 6.07) is 9.40. The maximum absolute atomic E-state index is 11.1. The third-order valence-corrected chi connectivity index (χ3v) is 1.79. The van der Waals surface area contributed by atoms with Crippen LogP contribution < -0.4 is 5.32 Å². The van der Waals surface area contributed by atoms with E-state index in [0.29, 0.717) is 6.29 Å². The first-order valence-electron chi connectivity index (χ1n) is 4.88. The van der Waals surface area contributed by atoms with Crippen LogP contribution in [0.25, 0.3) is 0 Å². The summed E-state index contributed by atoms with van der Waals surface area (Å²) in [5, 5.41) is 2.48. The SMILES string of the molecule is O=C/C=C/CNC(=O)OCc1ccccc1. The van der Waals surface area contributed by atoms with Crippen molar-refractivity contribution in [2.24, 2.45) is 0 Å². The summed E-state index contributed by atoms with van der Waals surface area (Å²) < 4.78 is 4.94. The highest BCUT2D eigenvalue weighted by atomic mass is 16.5. The molecule has 4 heteroatoms. The number of carbonyl (C=O) groups excluding carboxylic acids is 2. The molecule has 0 saturated carbocycles. The van der Waals surface area contributed by atoms with Gasteiger partial charge in [-0.15, -0.1) is 0 Å². The molecule has 1 rings (SSSR count). The van der Waals surface area contributed by atoms with Crippen LogP contribution in [-0.4, -0.2) is 18.9 Å². The van der Waals surface area contributed by atoms with Gasteiger partial charge in [0.25, 0.3) is 0 Å². The lowest BCUT2D eigenvalue weighted by molar-refractivity contribution is -0.104. The van der Waals surface area contributed by atoms with Gasteiger partial charge in [-0.2, -0.15) is 0 Å². The molecule has 0 fully saturated rings. The monoisotopic (exact) mass is 219 g/mol. The van der Waals surface area contributed by atoms with Crippen molar-refractivity contribution < 1.29 is 14.3 Å². The second-order valence-electron chi connectivity index (χ2n) is 3.01. The molecule has 1 amide bonds. The first-order chi connectivity index (χ1) is 7.83. The summed E-state index contributed by atoms with van der Waals surface area (Å²) in [6.07, 6.45) is 3.00. The fourth-order valence-corrected chi connectivity index (χ4v) is 1.04. The number of rotatable bonds is 5. The Morgan fingerprint density at radius 3 is 2.75 bits per heavy atom. The Morgan fingerprint density at radius 2 is 2.06 bits per heavy atom. The van der Waals surface area contributed by atoms with Crippen LogP contribution in [0.15, 0.2) is 42.5 Å². The summed E-state index contributed by atoms with van der Waals surface area (Å²) in [5.74, 6) is 0. The maximum Gasteiger partial charge on any atom is 0.407 e. The number of carbonyl (C=O) groups is 2. The summed E-state index contributed by atoms with van der Waals surface area (Å²) in [6.45, 7) is 0.524. The molecule has 0 aliphatic heterocycles. The van der Waals surface area contributed by atoms with E-state index in [4.69, 9.17) is 4.74 Å². The number of ether oxygens (including phenoxy) is 1. The summed E-state index contributed by atoms with van der Waals surface area (Å²) >= 11 is 0. The molecule has 1 aromatic rings. The van der Waals surface area contributed by atoms with Gasteiger partial charge in [0, 0.05) is 6.54 Å². The van der Waals surface area contributed by atoms with Crippen LogP contribution in [0.2, 0.25) is 0 Å². The lowest BCUT2D eigenvalue weighted by Crippen LogP contribution is -2.24. The van der Waals surface area contributed by atoms with Crippen molar-refractivity contribution in [3.05, 3.63) is 48.0 Å². The molecule has 4 nitrogen and oxygen atoms in total. The number of aldehydes is 1. The minimum Gasteiger partial charge on any atom is -0.445 e. The van der Waals surface area contributed by atoms with Crippen molar-refractivity contribution in [2.45, 2.75) is 6.61 Å². The van der Waals surface area contributed by atoms with Gasteiger partial charge < -0.3 is 10.1 Å². The Morgan fingerprint density at radius 1 is 1.31 bits per heavy atom. The average Bonchev–Trinajstić information content (AvgIpc) is 2.33. The number of amides is 1. The summed E-state index contributed by atoms with van der Waals surface area (Å²) in [4.78, 5) is 21.1. The Labute approximate surface area is 93.9 Å². The van der Waals surface area contributed by atoms with Gasteiger partial charge in [0.05, 0.1) is 0 Å². The van der Waals surface area contributed by atoms with E-state index in [0.717, 1.165) is 5.56 Å².